The maximum absolute atomic E-state index is 12.2. The van der Waals surface area contributed by atoms with E-state index in [2.05, 4.69) is 26.3 Å². The number of nitrogens with zero attached hydrogens (tertiary/aromatic N) is 3. The third-order valence-electron chi connectivity index (χ3n) is 5.18. The van der Waals surface area contributed by atoms with E-state index in [1.165, 1.54) is 0 Å². The van der Waals surface area contributed by atoms with Gasteiger partial charge in [-0.3, -0.25) is 4.79 Å². The number of carbonyl (C=O) groups excluding carboxylic acids is 1. The van der Waals surface area contributed by atoms with Crippen LogP contribution < -0.4 is 11.1 Å². The van der Waals surface area contributed by atoms with Crippen LogP contribution in [0.5, 0.6) is 0 Å². The molecule has 3 heterocycles. The molecule has 28 heavy (non-hydrogen) atoms. The number of nitrogen functional groups attached to an aromatic ring is 1. The molecule has 1 aliphatic rings. The van der Waals surface area contributed by atoms with Gasteiger partial charge in [-0.2, -0.15) is 5.26 Å². The molecule has 0 bridgehead atoms. The Morgan fingerprint density at radius 2 is 2.14 bits per heavy atom. The van der Waals surface area contributed by atoms with Gasteiger partial charge in [-0.05, 0) is 53.3 Å². The van der Waals surface area contributed by atoms with Crippen molar-refractivity contribution in [3.63, 3.8) is 0 Å². The monoisotopic (exact) mass is 368 g/mol. The molecule has 1 aromatic carbocycles. The largest absolute Gasteiger partial charge is 0.398 e. The van der Waals surface area contributed by atoms with Crippen molar-refractivity contribution in [2.45, 2.75) is 6.42 Å². The van der Waals surface area contributed by atoms with Gasteiger partial charge in [0.15, 0.2) is 0 Å². The highest BCUT2D eigenvalue weighted by atomic mass is 16.2. The van der Waals surface area contributed by atoms with Crippen molar-refractivity contribution in [2.75, 3.05) is 11.1 Å². The highest BCUT2D eigenvalue weighted by molar-refractivity contribution is 6.02. The van der Waals surface area contributed by atoms with E-state index < -0.39 is 0 Å². The van der Waals surface area contributed by atoms with Crippen LogP contribution >= 0.6 is 0 Å². The topological polar surface area (TPSA) is 120 Å². The van der Waals surface area contributed by atoms with Crippen LogP contribution in [0.25, 0.3) is 32.9 Å². The third kappa shape index (κ3) is 2.63. The van der Waals surface area contributed by atoms with E-state index in [1.54, 1.807) is 12.4 Å². The van der Waals surface area contributed by atoms with E-state index in [0.29, 0.717) is 17.9 Å². The number of rotatable bonds is 3. The van der Waals surface area contributed by atoms with Gasteiger partial charge >= 0.3 is 0 Å². The summed E-state index contributed by atoms with van der Waals surface area (Å²) in [5.41, 5.74) is 9.69. The number of benzene rings is 1. The zero-order valence-corrected chi connectivity index (χ0v) is 14.8. The van der Waals surface area contributed by atoms with Crippen LogP contribution in [-0.4, -0.2) is 20.9 Å². The summed E-state index contributed by atoms with van der Waals surface area (Å²) in [5.74, 6) is -0.124. The van der Waals surface area contributed by atoms with E-state index >= 15 is 0 Å². The number of hydrogen-bond acceptors (Lipinski definition) is 5. The number of pyridine rings is 2. The number of aromatic amines is 1. The maximum atomic E-state index is 12.2. The van der Waals surface area contributed by atoms with Gasteiger partial charge in [-0.15, -0.1) is 0 Å². The lowest BCUT2D eigenvalue weighted by molar-refractivity contribution is -0.117. The number of H-pyrrole nitrogens is 1. The summed E-state index contributed by atoms with van der Waals surface area (Å²) in [6.45, 7) is 0. The number of hydrogen-bond donors (Lipinski definition) is 3. The van der Waals surface area contributed by atoms with Crippen molar-refractivity contribution in [3.05, 3.63) is 48.9 Å². The van der Waals surface area contributed by atoms with Crippen molar-refractivity contribution in [2.24, 2.45) is 11.8 Å². The molecule has 0 spiro atoms. The standard InChI is InChI=1S/C21H16N6O/c22-9-13-6-16(13)21(28)27-19-8-12-5-11(7-18(23)17(12)10-26-19)14-1-3-24-20-15(14)2-4-25-20/h1-5,7-8,10,13,16H,6,23H2,(H,24,25)(H,26,27,28)/t13-,16+/m1/s1. The number of amides is 1. The summed E-state index contributed by atoms with van der Waals surface area (Å²) in [7, 11) is 0. The van der Waals surface area contributed by atoms with Crippen LogP contribution in [0.3, 0.4) is 0 Å². The van der Waals surface area contributed by atoms with Crippen molar-refractivity contribution >= 4 is 39.2 Å². The molecule has 4 N–H and O–H groups in total. The first-order valence-corrected chi connectivity index (χ1v) is 8.96. The first kappa shape index (κ1) is 16.3. The van der Waals surface area contributed by atoms with Crippen LogP contribution in [0, 0.1) is 23.2 Å². The fourth-order valence-electron chi connectivity index (χ4n) is 3.57. The molecule has 2 atom stereocenters. The second kappa shape index (κ2) is 6.06. The van der Waals surface area contributed by atoms with Crippen LogP contribution in [0.1, 0.15) is 6.42 Å². The molecule has 4 aromatic rings. The van der Waals surface area contributed by atoms with Gasteiger partial charge in [0.2, 0.25) is 5.91 Å². The summed E-state index contributed by atoms with van der Waals surface area (Å²) < 4.78 is 0. The molecule has 0 aliphatic heterocycles. The minimum absolute atomic E-state index is 0.161. The molecule has 1 saturated carbocycles. The molecule has 7 heteroatoms. The van der Waals surface area contributed by atoms with E-state index in [9.17, 15) is 4.79 Å². The molecule has 7 nitrogen and oxygen atoms in total. The maximum Gasteiger partial charge on any atom is 0.230 e. The van der Waals surface area contributed by atoms with Gasteiger partial charge < -0.3 is 16.0 Å². The number of nitrogens with one attached hydrogen (secondary N) is 2. The van der Waals surface area contributed by atoms with Gasteiger partial charge in [0.1, 0.15) is 11.5 Å². The predicted octanol–water partition coefficient (Wildman–Crippen LogP) is 3.46. The zero-order chi connectivity index (χ0) is 19.3. The Morgan fingerprint density at radius 3 is 2.96 bits per heavy atom. The van der Waals surface area contributed by atoms with E-state index in [1.807, 2.05) is 36.5 Å². The summed E-state index contributed by atoms with van der Waals surface area (Å²) >= 11 is 0. The molecule has 1 amide bonds. The molecule has 1 aliphatic carbocycles. The molecule has 1 fully saturated rings. The van der Waals surface area contributed by atoms with Crippen LogP contribution in [-0.2, 0) is 4.79 Å². The fourth-order valence-corrected chi connectivity index (χ4v) is 3.57. The molecular formula is C21H16N6O. The molecular weight excluding hydrogens is 352 g/mol. The Bertz CT molecular complexity index is 1290. The van der Waals surface area contributed by atoms with Gasteiger partial charge in [0, 0.05) is 35.1 Å². The summed E-state index contributed by atoms with van der Waals surface area (Å²) in [6.07, 6.45) is 5.89. The molecule has 0 saturated heterocycles. The minimum Gasteiger partial charge on any atom is -0.398 e. The normalized spacial score (nSPS) is 18.1. The fraction of sp³-hybridized carbons (Fsp3) is 0.143. The predicted molar refractivity (Wildman–Crippen MR) is 107 cm³/mol. The first-order chi connectivity index (χ1) is 13.6. The van der Waals surface area contributed by atoms with Gasteiger partial charge in [0.25, 0.3) is 0 Å². The van der Waals surface area contributed by atoms with Gasteiger partial charge in [0.05, 0.1) is 17.9 Å². The summed E-state index contributed by atoms with van der Waals surface area (Å²) in [4.78, 5) is 24.0. The summed E-state index contributed by atoms with van der Waals surface area (Å²) in [6, 6.07) is 11.8. The van der Waals surface area contributed by atoms with Gasteiger partial charge in [-0.25, -0.2) is 9.97 Å². The Balaban J connectivity index is 1.55. The average Bonchev–Trinajstić information content (AvgIpc) is 3.34. The Morgan fingerprint density at radius 1 is 1.25 bits per heavy atom. The second-order valence-corrected chi connectivity index (χ2v) is 7.02. The van der Waals surface area contributed by atoms with Crippen LogP contribution in [0.15, 0.2) is 48.9 Å². The third-order valence-corrected chi connectivity index (χ3v) is 5.18. The van der Waals surface area contributed by atoms with Crippen LogP contribution in [0.4, 0.5) is 11.5 Å². The number of nitrogens with two attached hydrogens (primary N) is 1. The molecule has 0 radical (unpaired) electrons. The lowest BCUT2D eigenvalue weighted by atomic mass is 9.99. The van der Waals surface area contributed by atoms with E-state index in [0.717, 1.165) is 32.9 Å². The van der Waals surface area contributed by atoms with Gasteiger partial charge in [-0.1, -0.05) is 0 Å². The van der Waals surface area contributed by atoms with Crippen LogP contribution in [0.2, 0.25) is 0 Å². The van der Waals surface area contributed by atoms with Crippen molar-refractivity contribution in [1.82, 2.24) is 15.0 Å². The highest BCUT2D eigenvalue weighted by Crippen LogP contribution is 2.39. The number of aromatic nitrogens is 3. The lowest BCUT2D eigenvalue weighted by Crippen LogP contribution is -2.15. The molecule has 136 valence electrons. The number of carbonyl (C=O) groups is 1. The Kier molecular flexibility index (Phi) is 3.52. The average molecular weight is 368 g/mol. The zero-order valence-electron chi connectivity index (χ0n) is 14.8. The highest BCUT2D eigenvalue weighted by Gasteiger charge is 2.43. The van der Waals surface area contributed by atoms with Crippen molar-refractivity contribution in [1.29, 1.82) is 5.26 Å². The number of anilines is 2. The van der Waals surface area contributed by atoms with Crippen molar-refractivity contribution < 1.29 is 4.79 Å². The number of nitriles is 1. The lowest BCUT2D eigenvalue weighted by Gasteiger charge is -2.10. The summed E-state index contributed by atoms with van der Waals surface area (Å²) in [5, 5.41) is 14.4. The SMILES string of the molecule is N#C[C@H]1C[C@@H]1C(=O)Nc1cc2cc(-c3ccnc4[nH]ccc34)cc(N)c2cn1. The Hall–Kier alpha value is -3.92. The molecule has 3 aromatic heterocycles. The quantitative estimate of drug-likeness (QED) is 0.478. The minimum atomic E-state index is -0.238. The van der Waals surface area contributed by atoms with E-state index in [4.69, 9.17) is 11.0 Å². The second-order valence-electron chi connectivity index (χ2n) is 7.02. The smallest absolute Gasteiger partial charge is 0.230 e. The number of fused-ring (bicyclic) bond motifs is 2. The first-order valence-electron chi connectivity index (χ1n) is 8.96. The van der Waals surface area contributed by atoms with Crippen molar-refractivity contribution in [3.8, 4) is 17.2 Å². The molecule has 0 unspecified atom stereocenters. The van der Waals surface area contributed by atoms with E-state index in [-0.39, 0.29) is 17.7 Å². The Labute approximate surface area is 160 Å². The molecule has 5 rings (SSSR count).